The van der Waals surface area contributed by atoms with Crippen molar-refractivity contribution in [3.63, 3.8) is 0 Å². The van der Waals surface area contributed by atoms with Gasteiger partial charge >= 0.3 is 117 Å². The molecule has 4 rings (SSSR count). The van der Waals surface area contributed by atoms with Gasteiger partial charge in [0.2, 0.25) is 0 Å². The summed E-state index contributed by atoms with van der Waals surface area (Å²) < 4.78 is 7.53. The van der Waals surface area contributed by atoms with Crippen molar-refractivity contribution in [2.45, 2.75) is 0 Å². The van der Waals surface area contributed by atoms with Gasteiger partial charge in [0.1, 0.15) is 0 Å². The van der Waals surface area contributed by atoms with Gasteiger partial charge in [0, 0.05) is 0 Å². The van der Waals surface area contributed by atoms with Crippen LogP contribution in [0.1, 0.15) is 0 Å². The molecular formula is C13H9N2O2PSe. The van der Waals surface area contributed by atoms with Crippen molar-refractivity contribution in [1.82, 2.24) is 9.32 Å². The molecule has 1 aliphatic heterocycles. The SMILES string of the molecule is OP1(=[Se])Oc2ccccc2-c2nc3ccccc3n21. The van der Waals surface area contributed by atoms with Crippen LogP contribution in [-0.4, -0.2) is 29.3 Å². The zero-order chi connectivity index (χ0) is 13.0. The second-order valence-electron chi connectivity index (χ2n) is 4.31. The van der Waals surface area contributed by atoms with Gasteiger partial charge in [0.25, 0.3) is 0 Å². The third-order valence-corrected chi connectivity index (χ3v) is 5.98. The van der Waals surface area contributed by atoms with Gasteiger partial charge in [-0.2, -0.15) is 0 Å². The fraction of sp³-hybridized carbons (Fsp3) is 0. The van der Waals surface area contributed by atoms with Crippen molar-refractivity contribution < 1.29 is 9.42 Å². The van der Waals surface area contributed by atoms with E-state index in [1.807, 2.05) is 48.5 Å². The van der Waals surface area contributed by atoms with Crippen molar-refractivity contribution in [3.05, 3.63) is 48.5 Å². The number of rotatable bonds is 0. The molecule has 0 bridgehead atoms. The van der Waals surface area contributed by atoms with Crippen molar-refractivity contribution in [3.8, 4) is 17.1 Å². The van der Waals surface area contributed by atoms with Crippen LogP contribution in [0.25, 0.3) is 22.4 Å². The van der Waals surface area contributed by atoms with Crippen LogP contribution < -0.4 is 4.52 Å². The summed E-state index contributed by atoms with van der Waals surface area (Å²) in [6, 6.07) is 15.4. The summed E-state index contributed by atoms with van der Waals surface area (Å²) in [6.45, 7) is 0. The van der Waals surface area contributed by atoms with Gasteiger partial charge in [-0.3, -0.25) is 0 Å². The quantitative estimate of drug-likeness (QED) is 0.508. The van der Waals surface area contributed by atoms with Gasteiger partial charge in [-0.1, -0.05) is 0 Å². The van der Waals surface area contributed by atoms with E-state index in [4.69, 9.17) is 4.52 Å². The van der Waals surface area contributed by atoms with E-state index >= 15 is 0 Å². The normalized spacial score (nSPS) is 20.7. The molecule has 3 aromatic rings. The molecule has 0 amide bonds. The van der Waals surface area contributed by atoms with Crippen LogP contribution in [-0.2, 0) is 0 Å². The summed E-state index contributed by atoms with van der Waals surface area (Å²) in [6.07, 6.45) is -2.83. The van der Waals surface area contributed by atoms with Crippen LogP contribution in [0.2, 0.25) is 0 Å². The zero-order valence-corrected chi connectivity index (χ0v) is 12.3. The van der Waals surface area contributed by atoms with Gasteiger partial charge in [-0.25, -0.2) is 0 Å². The van der Waals surface area contributed by atoms with Crippen LogP contribution in [0.3, 0.4) is 0 Å². The number of imidazole rings is 1. The van der Waals surface area contributed by atoms with Gasteiger partial charge in [0.05, 0.1) is 0 Å². The van der Waals surface area contributed by atoms with Crippen molar-refractivity contribution in [2.24, 2.45) is 0 Å². The Bertz CT molecular complexity index is 859. The number of nitrogens with zero attached hydrogens (tertiary/aromatic N) is 2. The van der Waals surface area contributed by atoms with Crippen molar-refractivity contribution >= 4 is 32.2 Å². The summed E-state index contributed by atoms with van der Waals surface area (Å²) in [4.78, 5) is 15.2. The van der Waals surface area contributed by atoms with Crippen LogP contribution >= 0.6 is 6.11 Å². The topological polar surface area (TPSA) is 47.3 Å². The van der Waals surface area contributed by atoms with Crippen LogP contribution in [0.15, 0.2) is 48.5 Å². The molecule has 0 spiro atoms. The molecule has 0 saturated carbocycles. The Kier molecular flexibility index (Phi) is 2.30. The number of benzene rings is 2. The molecule has 4 nitrogen and oxygen atoms in total. The number of hydrogen-bond donors (Lipinski definition) is 1. The number of aromatic nitrogens is 2. The first-order valence-corrected chi connectivity index (χ1v) is 9.60. The molecule has 2 heterocycles. The summed E-state index contributed by atoms with van der Waals surface area (Å²) >= 11 is 2.80. The maximum absolute atomic E-state index is 10.6. The van der Waals surface area contributed by atoms with Gasteiger partial charge in [0.15, 0.2) is 0 Å². The monoisotopic (exact) mass is 336 g/mol. The standard InChI is InChI=1S/C13H9N2O2PSe/c16-18(19)15-11-7-3-2-6-10(11)14-13(15)9-5-1-4-8-12(9)17-18/h1-8H,(H,16,19). The fourth-order valence-electron chi connectivity index (χ4n) is 2.34. The third-order valence-electron chi connectivity index (χ3n) is 3.13. The summed E-state index contributed by atoms with van der Waals surface area (Å²) in [5.41, 5.74) is 2.63. The van der Waals surface area contributed by atoms with Crippen LogP contribution in [0.4, 0.5) is 0 Å². The zero-order valence-electron chi connectivity index (χ0n) is 9.72. The fourth-order valence-corrected chi connectivity index (χ4v) is 5.22. The molecule has 1 atom stereocenters. The second-order valence-corrected chi connectivity index (χ2v) is 8.87. The second kappa shape index (κ2) is 3.81. The first kappa shape index (κ1) is 11.4. The van der Waals surface area contributed by atoms with E-state index in [0.717, 1.165) is 22.4 Å². The Labute approximate surface area is 117 Å². The molecule has 1 aromatic heterocycles. The van der Waals surface area contributed by atoms with Gasteiger partial charge in [-0.15, -0.1) is 0 Å². The molecule has 94 valence electrons. The van der Waals surface area contributed by atoms with Gasteiger partial charge in [-0.05, 0) is 0 Å². The minimum absolute atomic E-state index is 0.667. The van der Waals surface area contributed by atoms with Crippen LogP contribution in [0.5, 0.6) is 5.75 Å². The Morgan fingerprint density at radius 3 is 2.74 bits per heavy atom. The average Bonchev–Trinajstić information content (AvgIpc) is 2.78. The predicted molar refractivity (Wildman–Crippen MR) is 76.1 cm³/mol. The van der Waals surface area contributed by atoms with E-state index in [2.05, 4.69) is 20.1 Å². The molecule has 0 saturated heterocycles. The molecule has 6 heteroatoms. The first-order valence-electron chi connectivity index (χ1n) is 5.77. The molecule has 2 aromatic carbocycles. The van der Waals surface area contributed by atoms with E-state index in [1.165, 1.54) is 0 Å². The van der Waals surface area contributed by atoms with Crippen molar-refractivity contribution in [1.29, 1.82) is 0 Å². The molecule has 19 heavy (non-hydrogen) atoms. The molecule has 0 fully saturated rings. The molecule has 0 radical (unpaired) electrons. The summed E-state index contributed by atoms with van der Waals surface area (Å²) in [7, 11) is 0. The van der Waals surface area contributed by atoms with Gasteiger partial charge < -0.3 is 0 Å². The van der Waals surface area contributed by atoms with Crippen LogP contribution in [0, 0.1) is 0 Å². The Morgan fingerprint density at radius 2 is 1.84 bits per heavy atom. The molecular weight excluding hydrogens is 326 g/mol. The van der Waals surface area contributed by atoms with E-state index in [0.29, 0.717) is 5.75 Å². The number of hydrogen-bond acceptors (Lipinski definition) is 3. The molecule has 1 unspecified atom stereocenters. The Balaban J connectivity index is 2.19. The molecule has 1 N–H and O–H groups in total. The summed E-state index contributed by atoms with van der Waals surface area (Å²) in [5.74, 6) is 1.41. The molecule has 1 aliphatic rings. The van der Waals surface area contributed by atoms with E-state index < -0.39 is 6.11 Å². The van der Waals surface area contributed by atoms with E-state index in [-0.39, 0.29) is 0 Å². The maximum atomic E-state index is 10.6. The average molecular weight is 335 g/mol. The Hall–Kier alpha value is -1.38. The predicted octanol–water partition coefficient (Wildman–Crippen LogP) is 2.78. The van der Waals surface area contributed by atoms with E-state index in [1.54, 1.807) is 4.34 Å². The summed E-state index contributed by atoms with van der Waals surface area (Å²) in [5, 5.41) is 0. The van der Waals surface area contributed by atoms with Crippen molar-refractivity contribution in [2.75, 3.05) is 0 Å². The Morgan fingerprint density at radius 1 is 1.11 bits per heavy atom. The van der Waals surface area contributed by atoms with E-state index in [9.17, 15) is 4.89 Å². The molecule has 0 aliphatic carbocycles. The third kappa shape index (κ3) is 1.57. The number of para-hydroxylation sites is 3. The minimum atomic E-state index is -2.83. The number of fused-ring (bicyclic) bond motifs is 5. The first-order chi connectivity index (χ1) is 9.17.